The van der Waals surface area contributed by atoms with Crippen molar-refractivity contribution in [3.05, 3.63) is 61.1 Å². The molecular formula is C19H18Cl3N3O3. The largest absolute Gasteiger partial charge is 0.366 e. The van der Waals surface area contributed by atoms with Crippen LogP contribution >= 0.6 is 34.8 Å². The topological polar surface area (TPSA) is 75.5 Å². The number of halogens is 3. The van der Waals surface area contributed by atoms with Crippen LogP contribution in [0, 0.1) is 16.0 Å². The summed E-state index contributed by atoms with van der Waals surface area (Å²) in [6.07, 6.45) is 1.90. The van der Waals surface area contributed by atoms with Crippen LogP contribution in [0.1, 0.15) is 30.1 Å². The molecule has 1 aliphatic heterocycles. The smallest absolute Gasteiger partial charge is 0.294 e. The Morgan fingerprint density at radius 2 is 1.79 bits per heavy atom. The van der Waals surface area contributed by atoms with E-state index in [0.29, 0.717) is 41.0 Å². The quantitative estimate of drug-likeness (QED) is 0.462. The Balaban J connectivity index is 1.92. The first-order valence-electron chi connectivity index (χ1n) is 8.75. The van der Waals surface area contributed by atoms with Gasteiger partial charge in [0.2, 0.25) is 0 Å². The second-order valence-electron chi connectivity index (χ2n) is 6.83. The fraction of sp³-hybridized carbons (Fsp3) is 0.316. The number of hydrogen-bond donors (Lipinski definition) is 1. The molecular weight excluding hydrogens is 425 g/mol. The predicted molar refractivity (Wildman–Crippen MR) is 113 cm³/mol. The highest BCUT2D eigenvalue weighted by molar-refractivity contribution is 6.42. The lowest BCUT2D eigenvalue weighted by Gasteiger charge is -2.32. The number of amides is 1. The molecule has 1 aliphatic rings. The molecule has 1 saturated heterocycles. The van der Waals surface area contributed by atoms with Crippen LogP contribution in [0.25, 0.3) is 0 Å². The van der Waals surface area contributed by atoms with Crippen LogP contribution in [0.2, 0.25) is 15.1 Å². The maximum Gasteiger partial charge on any atom is 0.294 e. The number of nitro benzene ring substituents is 1. The lowest BCUT2D eigenvalue weighted by Crippen LogP contribution is -2.33. The van der Waals surface area contributed by atoms with Gasteiger partial charge in [-0.05, 0) is 43.0 Å². The fourth-order valence-corrected chi connectivity index (χ4v) is 3.63. The van der Waals surface area contributed by atoms with Gasteiger partial charge in [0.15, 0.2) is 0 Å². The van der Waals surface area contributed by atoms with Crippen LogP contribution in [0.4, 0.5) is 17.1 Å². The van der Waals surface area contributed by atoms with Crippen molar-refractivity contribution >= 4 is 57.8 Å². The summed E-state index contributed by atoms with van der Waals surface area (Å²) in [5, 5.41) is 14.9. The van der Waals surface area contributed by atoms with E-state index in [2.05, 4.69) is 12.2 Å². The molecule has 0 aromatic heterocycles. The van der Waals surface area contributed by atoms with Crippen molar-refractivity contribution in [1.82, 2.24) is 0 Å². The number of hydrogen-bond acceptors (Lipinski definition) is 4. The van der Waals surface area contributed by atoms with Crippen LogP contribution in [0.3, 0.4) is 0 Å². The predicted octanol–water partition coefficient (Wildman–Crippen LogP) is 6.04. The molecule has 0 bridgehead atoms. The van der Waals surface area contributed by atoms with Gasteiger partial charge in [-0.2, -0.15) is 0 Å². The number of nitro groups is 1. The number of nitrogens with zero attached hydrogens (tertiary/aromatic N) is 2. The summed E-state index contributed by atoms with van der Waals surface area (Å²) in [6, 6.07) is 7.35. The van der Waals surface area contributed by atoms with E-state index < -0.39 is 10.8 Å². The van der Waals surface area contributed by atoms with Gasteiger partial charge < -0.3 is 10.2 Å². The molecule has 0 radical (unpaired) electrons. The number of benzene rings is 2. The molecule has 2 aromatic carbocycles. The number of nitrogens with one attached hydrogen (secondary N) is 1. The summed E-state index contributed by atoms with van der Waals surface area (Å²) in [4.78, 5) is 25.6. The van der Waals surface area contributed by atoms with Crippen molar-refractivity contribution in [3.63, 3.8) is 0 Å². The molecule has 1 amide bonds. The lowest BCUT2D eigenvalue weighted by atomic mass is 9.98. The van der Waals surface area contributed by atoms with Gasteiger partial charge in [-0.15, -0.1) is 0 Å². The molecule has 1 heterocycles. The Labute approximate surface area is 177 Å². The zero-order valence-electron chi connectivity index (χ0n) is 15.0. The third-order valence-electron chi connectivity index (χ3n) is 4.82. The number of anilines is 2. The van der Waals surface area contributed by atoms with Gasteiger partial charge in [-0.3, -0.25) is 14.9 Å². The summed E-state index contributed by atoms with van der Waals surface area (Å²) in [5.41, 5.74) is 0.979. The molecule has 2 aromatic rings. The summed E-state index contributed by atoms with van der Waals surface area (Å²) in [7, 11) is 0. The first kappa shape index (κ1) is 20.7. The molecule has 1 N–H and O–H groups in total. The average Bonchev–Trinajstić information content (AvgIpc) is 2.65. The zero-order valence-corrected chi connectivity index (χ0v) is 17.3. The Hall–Kier alpha value is -2.02. The molecule has 0 spiro atoms. The van der Waals surface area contributed by atoms with Gasteiger partial charge in [-0.1, -0.05) is 41.7 Å². The zero-order chi connectivity index (χ0) is 20.4. The molecule has 148 valence electrons. The number of rotatable bonds is 4. The standard InChI is InChI=1S/C19H18Cl3N3O3/c1-11-4-6-24(7-5-11)17-10-16(15(22)9-18(17)25(27)28)23-19(26)12-2-3-13(20)14(21)8-12/h2-3,8-11H,4-7H2,1H3,(H,23,26). The molecule has 0 atom stereocenters. The summed E-state index contributed by atoms with van der Waals surface area (Å²) < 4.78 is 0. The van der Waals surface area contributed by atoms with Gasteiger partial charge in [-0.25, -0.2) is 0 Å². The monoisotopic (exact) mass is 441 g/mol. The second kappa shape index (κ2) is 8.55. The van der Waals surface area contributed by atoms with E-state index in [4.69, 9.17) is 34.8 Å². The molecule has 3 rings (SSSR count). The Morgan fingerprint density at radius 3 is 2.39 bits per heavy atom. The van der Waals surface area contributed by atoms with Crippen LogP contribution < -0.4 is 10.2 Å². The summed E-state index contributed by atoms with van der Waals surface area (Å²) >= 11 is 18.1. The maximum atomic E-state index is 12.6. The highest BCUT2D eigenvalue weighted by Crippen LogP contribution is 2.38. The molecule has 0 aliphatic carbocycles. The van der Waals surface area contributed by atoms with E-state index in [0.717, 1.165) is 12.8 Å². The van der Waals surface area contributed by atoms with Gasteiger partial charge in [0.1, 0.15) is 5.69 Å². The number of carbonyl (C=O) groups is 1. The lowest BCUT2D eigenvalue weighted by molar-refractivity contribution is -0.384. The van der Waals surface area contributed by atoms with E-state index in [9.17, 15) is 14.9 Å². The Kier molecular flexibility index (Phi) is 6.33. The minimum atomic E-state index is -0.455. The normalized spacial score (nSPS) is 14.8. The van der Waals surface area contributed by atoms with Crippen LogP contribution in [-0.2, 0) is 0 Å². The Bertz CT molecular complexity index is 928. The second-order valence-corrected chi connectivity index (χ2v) is 8.05. The highest BCUT2D eigenvalue weighted by Gasteiger charge is 2.26. The van der Waals surface area contributed by atoms with Crippen molar-refractivity contribution < 1.29 is 9.72 Å². The SMILES string of the molecule is CC1CCN(c2cc(NC(=O)c3ccc(Cl)c(Cl)c3)c(Cl)cc2[N+](=O)[O-])CC1. The third kappa shape index (κ3) is 4.51. The fourth-order valence-electron chi connectivity index (χ4n) is 3.13. The van der Waals surface area contributed by atoms with Crippen molar-refractivity contribution in [3.8, 4) is 0 Å². The van der Waals surface area contributed by atoms with Crippen LogP contribution in [0.15, 0.2) is 30.3 Å². The summed E-state index contributed by atoms with van der Waals surface area (Å²) in [6.45, 7) is 3.59. The average molecular weight is 443 g/mol. The van der Waals surface area contributed by atoms with Crippen molar-refractivity contribution in [2.45, 2.75) is 19.8 Å². The van der Waals surface area contributed by atoms with Gasteiger partial charge in [0.05, 0.1) is 25.7 Å². The van der Waals surface area contributed by atoms with E-state index in [1.54, 1.807) is 6.07 Å². The van der Waals surface area contributed by atoms with E-state index in [-0.39, 0.29) is 15.7 Å². The minimum absolute atomic E-state index is 0.0768. The number of carbonyl (C=O) groups excluding carboxylic acids is 1. The molecule has 0 unspecified atom stereocenters. The highest BCUT2D eigenvalue weighted by atomic mass is 35.5. The number of piperidine rings is 1. The van der Waals surface area contributed by atoms with E-state index in [1.165, 1.54) is 24.3 Å². The first-order valence-corrected chi connectivity index (χ1v) is 9.89. The van der Waals surface area contributed by atoms with Gasteiger partial charge in [0.25, 0.3) is 11.6 Å². The summed E-state index contributed by atoms with van der Waals surface area (Å²) in [5.74, 6) is 0.143. The van der Waals surface area contributed by atoms with Gasteiger partial charge in [0, 0.05) is 24.7 Å². The molecule has 6 nitrogen and oxygen atoms in total. The van der Waals surface area contributed by atoms with E-state index >= 15 is 0 Å². The van der Waals surface area contributed by atoms with Crippen molar-refractivity contribution in [2.75, 3.05) is 23.3 Å². The first-order chi connectivity index (χ1) is 13.3. The maximum absolute atomic E-state index is 12.6. The minimum Gasteiger partial charge on any atom is -0.366 e. The van der Waals surface area contributed by atoms with Crippen molar-refractivity contribution in [2.24, 2.45) is 5.92 Å². The van der Waals surface area contributed by atoms with E-state index in [1.807, 2.05) is 4.90 Å². The van der Waals surface area contributed by atoms with Gasteiger partial charge >= 0.3 is 0 Å². The third-order valence-corrected chi connectivity index (χ3v) is 5.87. The molecule has 0 saturated carbocycles. The van der Waals surface area contributed by atoms with Crippen LogP contribution in [0.5, 0.6) is 0 Å². The Morgan fingerprint density at radius 1 is 1.11 bits per heavy atom. The molecule has 1 fully saturated rings. The van der Waals surface area contributed by atoms with Crippen molar-refractivity contribution in [1.29, 1.82) is 0 Å². The van der Waals surface area contributed by atoms with Crippen LogP contribution in [-0.4, -0.2) is 23.9 Å². The molecule has 9 heteroatoms. The molecule has 28 heavy (non-hydrogen) atoms.